The zero-order valence-electron chi connectivity index (χ0n) is 10.7. The molecule has 0 aliphatic carbocycles. The summed E-state index contributed by atoms with van der Waals surface area (Å²) in [6.07, 6.45) is 0. The first-order valence-electron chi connectivity index (χ1n) is 6.14. The topological polar surface area (TPSA) is 44.7 Å². The van der Waals surface area contributed by atoms with Crippen molar-refractivity contribution in [1.82, 2.24) is 4.90 Å². The van der Waals surface area contributed by atoms with Crippen molar-refractivity contribution < 1.29 is 9.84 Å². The molecule has 104 valence electrons. The highest BCUT2D eigenvalue weighted by atomic mass is 35.5. The van der Waals surface area contributed by atoms with E-state index in [1.54, 1.807) is 0 Å². The first kappa shape index (κ1) is 14.5. The molecule has 1 atom stereocenters. The van der Waals surface area contributed by atoms with Gasteiger partial charge >= 0.3 is 0 Å². The Labute approximate surface area is 123 Å². The van der Waals surface area contributed by atoms with E-state index in [2.05, 4.69) is 5.32 Å². The molecule has 0 spiro atoms. The van der Waals surface area contributed by atoms with E-state index < -0.39 is 0 Å². The van der Waals surface area contributed by atoms with E-state index in [-0.39, 0.29) is 12.6 Å². The highest BCUT2D eigenvalue weighted by Crippen LogP contribution is 2.20. The normalized spacial score (nSPS) is 19.3. The van der Waals surface area contributed by atoms with Crippen LogP contribution in [0.4, 0.5) is 5.69 Å². The number of ether oxygens (including phenoxy) is 1. The maximum atomic E-state index is 9.34. The molecule has 2 rings (SSSR count). The molecule has 2 N–H and O–H groups in total. The number of aryl methyl sites for hydroxylation is 1. The minimum absolute atomic E-state index is 0.0292. The summed E-state index contributed by atoms with van der Waals surface area (Å²) in [4.78, 5) is 1.97. The van der Waals surface area contributed by atoms with Crippen LogP contribution in [0.5, 0.6) is 0 Å². The fraction of sp³-hybridized carbons (Fsp3) is 0.462. The molecule has 0 amide bonds. The van der Waals surface area contributed by atoms with Gasteiger partial charge in [0.2, 0.25) is 0 Å². The number of hydrogen-bond donors (Lipinski definition) is 2. The second-order valence-corrected chi connectivity index (χ2v) is 5.32. The van der Waals surface area contributed by atoms with Gasteiger partial charge in [-0.05, 0) is 42.9 Å². The number of rotatable bonds is 2. The minimum Gasteiger partial charge on any atom is -0.394 e. The van der Waals surface area contributed by atoms with Crippen LogP contribution < -0.4 is 5.32 Å². The minimum atomic E-state index is -0.0821. The molecule has 1 aliphatic rings. The second-order valence-electron chi connectivity index (χ2n) is 4.49. The third kappa shape index (κ3) is 3.57. The molecular formula is C13H17ClN2O2S. The highest BCUT2D eigenvalue weighted by Gasteiger charge is 2.24. The van der Waals surface area contributed by atoms with Gasteiger partial charge in [0.25, 0.3) is 0 Å². The van der Waals surface area contributed by atoms with Gasteiger partial charge in [0.1, 0.15) is 0 Å². The summed E-state index contributed by atoms with van der Waals surface area (Å²) in [6, 6.07) is 5.53. The maximum Gasteiger partial charge on any atom is 0.173 e. The summed E-state index contributed by atoms with van der Waals surface area (Å²) in [5.41, 5.74) is 1.96. The Bertz CT molecular complexity index is 470. The fourth-order valence-corrected chi connectivity index (χ4v) is 2.60. The first-order chi connectivity index (χ1) is 9.11. The largest absolute Gasteiger partial charge is 0.394 e. The van der Waals surface area contributed by atoms with Crippen LogP contribution in [0, 0.1) is 6.92 Å². The van der Waals surface area contributed by atoms with Gasteiger partial charge in [-0.25, -0.2) is 0 Å². The molecule has 0 radical (unpaired) electrons. The zero-order chi connectivity index (χ0) is 13.8. The molecule has 1 saturated heterocycles. The molecule has 6 heteroatoms. The predicted octanol–water partition coefficient (Wildman–Crippen LogP) is 2.04. The average Bonchev–Trinajstić information content (AvgIpc) is 2.41. The van der Waals surface area contributed by atoms with Crippen LogP contribution in [0.3, 0.4) is 0 Å². The third-order valence-electron chi connectivity index (χ3n) is 3.13. The van der Waals surface area contributed by atoms with Crippen LogP contribution in [0.2, 0.25) is 5.02 Å². The summed E-state index contributed by atoms with van der Waals surface area (Å²) in [5, 5.41) is 13.9. The smallest absolute Gasteiger partial charge is 0.173 e. The van der Waals surface area contributed by atoms with E-state index in [1.807, 2.05) is 30.0 Å². The van der Waals surface area contributed by atoms with Gasteiger partial charge in [0.15, 0.2) is 5.11 Å². The SMILES string of the molecule is Cc1cc(Cl)ccc1NC(=S)N1CCOCC1CO. The van der Waals surface area contributed by atoms with Crippen molar-refractivity contribution in [1.29, 1.82) is 0 Å². The van der Waals surface area contributed by atoms with Crippen molar-refractivity contribution in [3.8, 4) is 0 Å². The second kappa shape index (κ2) is 6.52. The lowest BCUT2D eigenvalue weighted by molar-refractivity contribution is 0.00585. The number of nitrogens with one attached hydrogen (secondary N) is 1. The highest BCUT2D eigenvalue weighted by molar-refractivity contribution is 7.80. The number of hydrogen-bond acceptors (Lipinski definition) is 3. The van der Waals surface area contributed by atoms with Crippen LogP contribution in [0.25, 0.3) is 0 Å². The van der Waals surface area contributed by atoms with Gasteiger partial charge in [-0.1, -0.05) is 11.6 Å². The van der Waals surface area contributed by atoms with Gasteiger partial charge in [0, 0.05) is 17.3 Å². The molecule has 1 heterocycles. The number of nitrogens with zero attached hydrogens (tertiary/aromatic N) is 1. The first-order valence-corrected chi connectivity index (χ1v) is 6.93. The van der Waals surface area contributed by atoms with E-state index in [0.717, 1.165) is 11.3 Å². The van der Waals surface area contributed by atoms with Crippen LogP contribution in [0.1, 0.15) is 5.56 Å². The Morgan fingerprint density at radius 2 is 2.42 bits per heavy atom. The van der Waals surface area contributed by atoms with Gasteiger partial charge < -0.3 is 20.1 Å². The number of thiocarbonyl (C=S) groups is 1. The van der Waals surface area contributed by atoms with E-state index in [1.165, 1.54) is 0 Å². The molecule has 1 aromatic carbocycles. The molecule has 1 fully saturated rings. The van der Waals surface area contributed by atoms with Gasteiger partial charge in [-0.3, -0.25) is 0 Å². The van der Waals surface area contributed by atoms with Gasteiger partial charge in [-0.2, -0.15) is 0 Å². The maximum absolute atomic E-state index is 9.34. The van der Waals surface area contributed by atoms with Crippen LogP contribution >= 0.6 is 23.8 Å². The number of aliphatic hydroxyl groups excluding tert-OH is 1. The van der Waals surface area contributed by atoms with Crippen molar-refractivity contribution in [3.63, 3.8) is 0 Å². The number of aliphatic hydroxyl groups is 1. The van der Waals surface area contributed by atoms with E-state index in [9.17, 15) is 5.11 Å². The molecule has 0 saturated carbocycles. The predicted molar refractivity (Wildman–Crippen MR) is 80.8 cm³/mol. The summed E-state index contributed by atoms with van der Waals surface area (Å²) in [7, 11) is 0. The standard InChI is InChI=1S/C13H17ClN2O2S/c1-9-6-10(14)2-3-12(9)15-13(19)16-4-5-18-8-11(16)7-17/h2-3,6,11,17H,4-5,7-8H2,1H3,(H,15,19). The van der Waals surface area contributed by atoms with Gasteiger partial charge in [-0.15, -0.1) is 0 Å². The summed E-state index contributed by atoms with van der Waals surface area (Å²) in [5.74, 6) is 0. The van der Waals surface area contributed by atoms with Crippen molar-refractivity contribution in [3.05, 3.63) is 28.8 Å². The van der Waals surface area contributed by atoms with Crippen molar-refractivity contribution in [2.75, 3.05) is 31.7 Å². The molecule has 19 heavy (non-hydrogen) atoms. The van der Waals surface area contributed by atoms with Crippen molar-refractivity contribution in [2.45, 2.75) is 13.0 Å². The Morgan fingerprint density at radius 1 is 1.63 bits per heavy atom. The van der Waals surface area contributed by atoms with Crippen molar-refractivity contribution >= 4 is 34.6 Å². The lowest BCUT2D eigenvalue weighted by Gasteiger charge is -2.36. The molecule has 1 aliphatic heterocycles. The third-order valence-corrected chi connectivity index (χ3v) is 3.70. The molecule has 1 aromatic rings. The number of halogens is 1. The quantitative estimate of drug-likeness (QED) is 0.819. The van der Waals surface area contributed by atoms with Crippen molar-refractivity contribution in [2.24, 2.45) is 0 Å². The zero-order valence-corrected chi connectivity index (χ0v) is 12.3. The van der Waals surface area contributed by atoms with Crippen LogP contribution in [-0.2, 0) is 4.74 Å². The molecule has 4 nitrogen and oxygen atoms in total. The molecule has 0 bridgehead atoms. The summed E-state index contributed by atoms with van der Waals surface area (Å²) < 4.78 is 5.34. The lowest BCUT2D eigenvalue weighted by Crippen LogP contribution is -2.51. The van der Waals surface area contributed by atoms with Crippen LogP contribution in [0.15, 0.2) is 18.2 Å². The lowest BCUT2D eigenvalue weighted by atomic mass is 10.2. The Morgan fingerprint density at radius 3 is 3.11 bits per heavy atom. The van der Waals surface area contributed by atoms with E-state index in [0.29, 0.717) is 29.9 Å². The molecular weight excluding hydrogens is 284 g/mol. The summed E-state index contributed by atoms with van der Waals surface area (Å²) >= 11 is 11.3. The monoisotopic (exact) mass is 300 g/mol. The van der Waals surface area contributed by atoms with Gasteiger partial charge in [0.05, 0.1) is 25.9 Å². The fourth-order valence-electron chi connectivity index (χ4n) is 2.03. The molecule has 1 unspecified atom stereocenters. The Hall–Kier alpha value is -0.880. The summed E-state index contributed by atoms with van der Waals surface area (Å²) in [6.45, 7) is 3.81. The van der Waals surface area contributed by atoms with E-state index in [4.69, 9.17) is 28.6 Å². The van der Waals surface area contributed by atoms with E-state index >= 15 is 0 Å². The number of anilines is 1. The Kier molecular flexibility index (Phi) is 4.99. The average molecular weight is 301 g/mol. The Balaban J connectivity index is 2.07. The van der Waals surface area contributed by atoms with Crippen LogP contribution in [-0.4, -0.2) is 47.5 Å². The number of benzene rings is 1. The number of morpholine rings is 1. The molecule has 0 aromatic heterocycles.